The summed E-state index contributed by atoms with van der Waals surface area (Å²) in [6, 6.07) is 8.17. The number of anilines is 1. The summed E-state index contributed by atoms with van der Waals surface area (Å²) in [6.45, 7) is 2.13. The molecular weight excluding hydrogens is 382 g/mol. The van der Waals surface area contributed by atoms with Crippen molar-refractivity contribution in [3.63, 3.8) is 0 Å². The summed E-state index contributed by atoms with van der Waals surface area (Å²) in [4.78, 5) is 42.9. The van der Waals surface area contributed by atoms with E-state index in [-0.39, 0.29) is 18.4 Å². The molecule has 0 radical (unpaired) electrons. The van der Waals surface area contributed by atoms with Crippen LogP contribution in [0.3, 0.4) is 0 Å². The monoisotopic (exact) mass is 411 g/mol. The van der Waals surface area contributed by atoms with E-state index in [4.69, 9.17) is 4.74 Å². The summed E-state index contributed by atoms with van der Waals surface area (Å²) in [7, 11) is 0. The van der Waals surface area contributed by atoms with Crippen molar-refractivity contribution in [2.75, 3.05) is 31.1 Å². The molecule has 3 saturated heterocycles. The molecule has 1 aromatic carbocycles. The topological polar surface area (TPSA) is 70.2 Å². The fourth-order valence-corrected chi connectivity index (χ4v) is 5.24. The van der Waals surface area contributed by atoms with Gasteiger partial charge in [-0.25, -0.2) is 0 Å². The van der Waals surface area contributed by atoms with Gasteiger partial charge in [0.1, 0.15) is 5.75 Å². The molecule has 4 fully saturated rings. The molecule has 1 aliphatic carbocycles. The van der Waals surface area contributed by atoms with Crippen LogP contribution in [0.1, 0.15) is 44.9 Å². The maximum absolute atomic E-state index is 12.8. The Hall–Kier alpha value is -2.57. The van der Waals surface area contributed by atoms with Crippen molar-refractivity contribution >= 4 is 23.4 Å². The molecule has 0 unspecified atom stereocenters. The molecule has 30 heavy (non-hydrogen) atoms. The van der Waals surface area contributed by atoms with Crippen LogP contribution in [0.5, 0.6) is 5.75 Å². The van der Waals surface area contributed by atoms with Gasteiger partial charge < -0.3 is 19.4 Å². The number of fused-ring (bicyclic) bond motifs is 1. The Labute approximate surface area is 176 Å². The molecule has 3 heterocycles. The lowest BCUT2D eigenvalue weighted by atomic mass is 9.83. The van der Waals surface area contributed by atoms with E-state index in [0.29, 0.717) is 55.6 Å². The van der Waals surface area contributed by atoms with E-state index in [1.807, 2.05) is 29.2 Å². The van der Waals surface area contributed by atoms with Crippen LogP contribution in [0.15, 0.2) is 24.3 Å². The zero-order valence-electron chi connectivity index (χ0n) is 17.3. The zero-order chi connectivity index (χ0) is 20.7. The Morgan fingerprint density at radius 2 is 1.90 bits per heavy atom. The summed E-state index contributed by atoms with van der Waals surface area (Å²) in [5, 5.41) is 0. The summed E-state index contributed by atoms with van der Waals surface area (Å²) < 4.78 is 5.79. The second kappa shape index (κ2) is 7.93. The zero-order valence-corrected chi connectivity index (χ0v) is 17.3. The number of piperidine rings is 2. The Kier molecular flexibility index (Phi) is 5.13. The first-order valence-electron chi connectivity index (χ1n) is 11.2. The molecule has 3 amide bonds. The van der Waals surface area contributed by atoms with Crippen LogP contribution in [-0.4, -0.2) is 65.8 Å². The van der Waals surface area contributed by atoms with Crippen molar-refractivity contribution in [3.8, 4) is 5.75 Å². The summed E-state index contributed by atoms with van der Waals surface area (Å²) in [5.74, 6) is 1.42. The number of rotatable bonds is 5. The van der Waals surface area contributed by atoms with E-state index in [9.17, 15) is 14.4 Å². The van der Waals surface area contributed by atoms with Crippen LogP contribution < -0.4 is 9.64 Å². The molecule has 1 saturated carbocycles. The fourth-order valence-electron chi connectivity index (χ4n) is 5.24. The molecule has 2 atom stereocenters. The minimum atomic E-state index is -0.00836. The fraction of sp³-hybridized carbons (Fsp3) is 0.609. The van der Waals surface area contributed by atoms with Gasteiger partial charge in [0.25, 0.3) is 5.91 Å². The molecular formula is C23H29N3O4. The van der Waals surface area contributed by atoms with Crippen molar-refractivity contribution in [2.24, 2.45) is 5.92 Å². The molecule has 160 valence electrons. The van der Waals surface area contributed by atoms with Crippen LogP contribution in [0, 0.1) is 5.92 Å². The van der Waals surface area contributed by atoms with Gasteiger partial charge in [0.2, 0.25) is 11.8 Å². The van der Waals surface area contributed by atoms with Gasteiger partial charge in [-0.15, -0.1) is 0 Å². The predicted molar refractivity (Wildman–Crippen MR) is 111 cm³/mol. The second-order valence-electron chi connectivity index (χ2n) is 8.96. The maximum Gasteiger partial charge on any atom is 0.260 e. The predicted octanol–water partition coefficient (Wildman–Crippen LogP) is 2.19. The number of carbonyl (C=O) groups excluding carboxylic acids is 3. The van der Waals surface area contributed by atoms with Gasteiger partial charge in [-0.1, -0.05) is 6.07 Å². The van der Waals surface area contributed by atoms with Gasteiger partial charge in [-0.3, -0.25) is 14.4 Å². The van der Waals surface area contributed by atoms with E-state index < -0.39 is 0 Å². The minimum Gasteiger partial charge on any atom is -0.484 e. The Balaban J connectivity index is 1.17. The van der Waals surface area contributed by atoms with Crippen LogP contribution in [0.4, 0.5) is 5.69 Å². The summed E-state index contributed by atoms with van der Waals surface area (Å²) >= 11 is 0. The van der Waals surface area contributed by atoms with E-state index >= 15 is 0 Å². The first kappa shape index (κ1) is 19.4. The van der Waals surface area contributed by atoms with E-state index in [1.165, 1.54) is 0 Å². The average Bonchev–Trinajstić information content (AvgIpc) is 3.51. The molecule has 0 bridgehead atoms. The first-order valence-corrected chi connectivity index (χ1v) is 11.2. The molecule has 5 rings (SSSR count). The number of nitrogens with zero attached hydrogens (tertiary/aromatic N) is 3. The Bertz CT molecular complexity index is 853. The molecule has 0 spiro atoms. The van der Waals surface area contributed by atoms with Crippen LogP contribution >= 0.6 is 0 Å². The Morgan fingerprint density at radius 3 is 2.67 bits per heavy atom. The van der Waals surface area contributed by atoms with Crippen molar-refractivity contribution in [1.29, 1.82) is 0 Å². The lowest BCUT2D eigenvalue weighted by molar-refractivity contribution is -0.145. The van der Waals surface area contributed by atoms with Gasteiger partial charge in [0, 0.05) is 56.3 Å². The average molecular weight is 412 g/mol. The van der Waals surface area contributed by atoms with Crippen molar-refractivity contribution in [1.82, 2.24) is 9.80 Å². The SMILES string of the molecule is O=C(COc1cccc(N2CCCC2=O)c1)N1CC[C@H]2[C@@H](CCC(=O)N2C2CC2)C1. The van der Waals surface area contributed by atoms with E-state index in [0.717, 1.165) is 44.3 Å². The highest BCUT2D eigenvalue weighted by atomic mass is 16.5. The third-order valence-electron chi connectivity index (χ3n) is 6.93. The quantitative estimate of drug-likeness (QED) is 0.745. The number of amides is 3. The highest BCUT2D eigenvalue weighted by Gasteiger charge is 2.45. The molecule has 0 N–H and O–H groups in total. The largest absolute Gasteiger partial charge is 0.484 e. The van der Waals surface area contributed by atoms with Crippen LogP contribution in [0.25, 0.3) is 0 Å². The summed E-state index contributed by atoms with van der Waals surface area (Å²) in [6.07, 6.45) is 6.08. The molecule has 0 aromatic heterocycles. The van der Waals surface area contributed by atoms with Gasteiger partial charge >= 0.3 is 0 Å². The van der Waals surface area contributed by atoms with Crippen LogP contribution in [-0.2, 0) is 14.4 Å². The second-order valence-corrected chi connectivity index (χ2v) is 8.96. The number of carbonyl (C=O) groups is 3. The van der Waals surface area contributed by atoms with Gasteiger partial charge in [0.15, 0.2) is 6.61 Å². The lowest BCUT2D eigenvalue weighted by Gasteiger charge is -2.47. The third kappa shape index (κ3) is 3.77. The normalized spacial score (nSPS) is 26.7. The maximum atomic E-state index is 12.8. The molecule has 4 aliphatic rings. The smallest absolute Gasteiger partial charge is 0.260 e. The molecule has 7 heteroatoms. The Morgan fingerprint density at radius 1 is 1.03 bits per heavy atom. The minimum absolute atomic E-state index is 0.0000558. The molecule has 1 aromatic rings. The summed E-state index contributed by atoms with van der Waals surface area (Å²) in [5.41, 5.74) is 0.829. The van der Waals surface area contributed by atoms with Gasteiger partial charge in [-0.2, -0.15) is 0 Å². The van der Waals surface area contributed by atoms with E-state index in [1.54, 1.807) is 4.90 Å². The number of benzene rings is 1. The number of hydrogen-bond acceptors (Lipinski definition) is 4. The van der Waals surface area contributed by atoms with E-state index in [2.05, 4.69) is 4.90 Å². The van der Waals surface area contributed by atoms with Crippen LogP contribution in [0.2, 0.25) is 0 Å². The van der Waals surface area contributed by atoms with Crippen molar-refractivity contribution in [2.45, 2.75) is 57.0 Å². The number of hydrogen-bond donors (Lipinski definition) is 0. The van der Waals surface area contributed by atoms with Gasteiger partial charge in [-0.05, 0) is 50.2 Å². The molecule has 3 aliphatic heterocycles. The number of ether oxygens (including phenoxy) is 1. The highest BCUT2D eigenvalue weighted by molar-refractivity contribution is 5.95. The molecule has 7 nitrogen and oxygen atoms in total. The highest BCUT2D eigenvalue weighted by Crippen LogP contribution is 2.39. The van der Waals surface area contributed by atoms with Crippen molar-refractivity contribution < 1.29 is 19.1 Å². The standard InChI is InChI=1S/C23H29N3O4/c27-21-5-2-11-25(21)18-3-1-4-19(13-18)30-15-23(29)24-12-10-20-16(14-24)6-9-22(28)26(20)17-7-8-17/h1,3-4,13,16-17,20H,2,5-12,14-15H2/t16-,20-/m0/s1. The van der Waals surface area contributed by atoms with Gasteiger partial charge in [0.05, 0.1) is 0 Å². The number of likely N-dealkylation sites (tertiary alicyclic amines) is 2. The van der Waals surface area contributed by atoms with Crippen molar-refractivity contribution in [3.05, 3.63) is 24.3 Å². The first-order chi connectivity index (χ1) is 14.6. The third-order valence-corrected chi connectivity index (χ3v) is 6.93. The lowest BCUT2D eigenvalue weighted by Crippen LogP contribution is -2.57.